The Morgan fingerprint density at radius 2 is 2.20 bits per heavy atom. The number of phenolic OH excluding ortho intramolecular Hbond substituents is 1. The van der Waals surface area contributed by atoms with Crippen molar-refractivity contribution in [1.82, 2.24) is 0 Å². The van der Waals surface area contributed by atoms with E-state index >= 15 is 0 Å². The van der Waals surface area contributed by atoms with Crippen LogP contribution in [0.3, 0.4) is 0 Å². The minimum absolute atomic E-state index is 0.0159. The van der Waals surface area contributed by atoms with Gasteiger partial charge in [-0.1, -0.05) is 0 Å². The Morgan fingerprint density at radius 1 is 1.53 bits per heavy atom. The molecular formula is C11H14O3S. The lowest BCUT2D eigenvalue weighted by Crippen LogP contribution is -2.06. The maximum atomic E-state index is 11.6. The number of benzene rings is 1. The lowest BCUT2D eigenvalue weighted by molar-refractivity contribution is 0.0519. The van der Waals surface area contributed by atoms with E-state index in [4.69, 9.17) is 4.74 Å². The van der Waals surface area contributed by atoms with Crippen LogP contribution in [0.5, 0.6) is 5.75 Å². The Balaban J connectivity index is 3.20. The number of thioether (sulfide) groups is 1. The molecule has 0 aliphatic rings. The Kier molecular flexibility index (Phi) is 4.03. The number of aryl methyl sites for hydroxylation is 1. The highest BCUT2D eigenvalue weighted by Gasteiger charge is 2.17. The van der Waals surface area contributed by atoms with Gasteiger partial charge < -0.3 is 9.84 Å². The van der Waals surface area contributed by atoms with Gasteiger partial charge in [0, 0.05) is 4.90 Å². The second-order valence-electron chi connectivity index (χ2n) is 3.08. The molecule has 1 aromatic carbocycles. The number of hydrogen-bond donors (Lipinski definition) is 1. The summed E-state index contributed by atoms with van der Waals surface area (Å²) < 4.78 is 4.88. The third-order valence-corrected chi connectivity index (χ3v) is 2.69. The molecule has 0 atom stereocenters. The van der Waals surface area contributed by atoms with E-state index in [0.29, 0.717) is 6.61 Å². The fraction of sp³-hybridized carbons (Fsp3) is 0.364. The highest BCUT2D eigenvalue weighted by atomic mass is 32.2. The number of esters is 1. The summed E-state index contributed by atoms with van der Waals surface area (Å²) in [5.74, 6) is -0.489. The molecule has 0 radical (unpaired) electrons. The van der Waals surface area contributed by atoms with Gasteiger partial charge in [-0.3, -0.25) is 0 Å². The van der Waals surface area contributed by atoms with Crippen molar-refractivity contribution < 1.29 is 14.6 Å². The third kappa shape index (κ3) is 2.65. The first kappa shape index (κ1) is 11.9. The Morgan fingerprint density at radius 3 is 2.73 bits per heavy atom. The van der Waals surface area contributed by atoms with Crippen LogP contribution in [0.2, 0.25) is 0 Å². The van der Waals surface area contributed by atoms with Gasteiger partial charge in [0.15, 0.2) is 0 Å². The van der Waals surface area contributed by atoms with Crippen molar-refractivity contribution in [3.05, 3.63) is 23.3 Å². The van der Waals surface area contributed by atoms with Gasteiger partial charge >= 0.3 is 5.97 Å². The van der Waals surface area contributed by atoms with E-state index in [1.807, 2.05) is 19.2 Å². The molecule has 0 spiro atoms. The monoisotopic (exact) mass is 226 g/mol. The predicted molar refractivity (Wildman–Crippen MR) is 60.6 cm³/mol. The van der Waals surface area contributed by atoms with Crippen molar-refractivity contribution in [3.8, 4) is 5.75 Å². The number of aromatic hydroxyl groups is 1. The minimum Gasteiger partial charge on any atom is -0.507 e. The topological polar surface area (TPSA) is 46.5 Å². The molecule has 0 saturated heterocycles. The summed E-state index contributed by atoms with van der Waals surface area (Å²) in [6, 6.07) is 3.42. The van der Waals surface area contributed by atoms with Gasteiger partial charge in [0.2, 0.25) is 0 Å². The third-order valence-electron chi connectivity index (χ3n) is 1.93. The van der Waals surface area contributed by atoms with E-state index in [1.165, 1.54) is 11.8 Å². The maximum absolute atomic E-state index is 11.6. The van der Waals surface area contributed by atoms with Crippen LogP contribution in [0.15, 0.2) is 17.0 Å². The molecule has 0 fully saturated rings. The summed E-state index contributed by atoms with van der Waals surface area (Å²) in [6.45, 7) is 3.91. The molecule has 0 aromatic heterocycles. The van der Waals surface area contributed by atoms with E-state index in [9.17, 15) is 9.90 Å². The number of phenols is 1. The molecule has 3 nitrogen and oxygen atoms in total. The average Bonchev–Trinajstić information content (AvgIpc) is 2.16. The van der Waals surface area contributed by atoms with Crippen LogP contribution < -0.4 is 0 Å². The van der Waals surface area contributed by atoms with Crippen molar-refractivity contribution in [2.24, 2.45) is 0 Å². The van der Waals surface area contributed by atoms with Crippen LogP contribution in [0, 0.1) is 6.92 Å². The summed E-state index contributed by atoms with van der Waals surface area (Å²) in [6.07, 6.45) is 1.86. The molecule has 0 aliphatic heterocycles. The zero-order valence-corrected chi connectivity index (χ0v) is 9.85. The Hall–Kier alpha value is -1.16. The predicted octanol–water partition coefficient (Wildman–Crippen LogP) is 2.60. The van der Waals surface area contributed by atoms with E-state index in [0.717, 1.165) is 10.5 Å². The molecule has 0 unspecified atom stereocenters. The van der Waals surface area contributed by atoms with Gasteiger partial charge in [-0.2, -0.15) is 0 Å². The quantitative estimate of drug-likeness (QED) is 0.635. The molecule has 1 aromatic rings. The molecule has 15 heavy (non-hydrogen) atoms. The van der Waals surface area contributed by atoms with Crippen LogP contribution in [-0.4, -0.2) is 23.9 Å². The van der Waals surface area contributed by atoms with Crippen LogP contribution in [0.1, 0.15) is 22.8 Å². The minimum atomic E-state index is -0.473. The van der Waals surface area contributed by atoms with E-state index < -0.39 is 5.97 Å². The van der Waals surface area contributed by atoms with Crippen LogP contribution >= 0.6 is 11.8 Å². The largest absolute Gasteiger partial charge is 0.507 e. The average molecular weight is 226 g/mol. The van der Waals surface area contributed by atoms with Crippen LogP contribution in [-0.2, 0) is 4.74 Å². The summed E-state index contributed by atoms with van der Waals surface area (Å²) >= 11 is 1.42. The summed E-state index contributed by atoms with van der Waals surface area (Å²) in [7, 11) is 0. The Bertz CT molecular complexity index is 374. The number of carbonyl (C=O) groups excluding carboxylic acids is 1. The molecule has 0 bridgehead atoms. The van der Waals surface area contributed by atoms with Gasteiger partial charge in [-0.15, -0.1) is 11.8 Å². The zero-order valence-electron chi connectivity index (χ0n) is 9.03. The van der Waals surface area contributed by atoms with E-state index in [-0.39, 0.29) is 11.3 Å². The first-order valence-corrected chi connectivity index (χ1v) is 5.87. The maximum Gasteiger partial charge on any atom is 0.343 e. The molecule has 0 amide bonds. The fourth-order valence-corrected chi connectivity index (χ4v) is 2.00. The van der Waals surface area contributed by atoms with Crippen molar-refractivity contribution >= 4 is 17.7 Å². The molecule has 4 heteroatoms. The van der Waals surface area contributed by atoms with Gasteiger partial charge in [0.25, 0.3) is 0 Å². The summed E-state index contributed by atoms with van der Waals surface area (Å²) in [5, 5.41) is 9.69. The zero-order chi connectivity index (χ0) is 11.4. The van der Waals surface area contributed by atoms with Gasteiger partial charge in [-0.05, 0) is 37.8 Å². The number of rotatable bonds is 3. The fourth-order valence-electron chi connectivity index (χ4n) is 1.30. The second kappa shape index (κ2) is 5.07. The lowest BCUT2D eigenvalue weighted by Gasteiger charge is -2.09. The van der Waals surface area contributed by atoms with Gasteiger partial charge in [-0.25, -0.2) is 4.79 Å². The molecule has 0 heterocycles. The van der Waals surface area contributed by atoms with Crippen LogP contribution in [0.4, 0.5) is 0 Å². The standard InChI is InChI=1S/C11H14O3S/c1-4-14-11(13)10-8(12)5-7(2)6-9(10)15-3/h5-6,12H,4H2,1-3H3. The van der Waals surface area contributed by atoms with Crippen molar-refractivity contribution in [2.75, 3.05) is 12.9 Å². The summed E-state index contributed by atoms with van der Waals surface area (Å²) in [5.41, 5.74) is 1.18. The molecule has 0 saturated carbocycles. The molecule has 82 valence electrons. The molecule has 1 rings (SSSR count). The van der Waals surface area contributed by atoms with Crippen molar-refractivity contribution in [1.29, 1.82) is 0 Å². The second-order valence-corrected chi connectivity index (χ2v) is 3.93. The van der Waals surface area contributed by atoms with Crippen molar-refractivity contribution in [2.45, 2.75) is 18.7 Å². The summed E-state index contributed by atoms with van der Waals surface area (Å²) in [4.78, 5) is 12.3. The first-order chi connectivity index (χ1) is 7.10. The van der Waals surface area contributed by atoms with E-state index in [1.54, 1.807) is 13.0 Å². The SMILES string of the molecule is CCOC(=O)c1c(O)cc(C)cc1SC. The number of hydrogen-bond acceptors (Lipinski definition) is 4. The lowest BCUT2D eigenvalue weighted by atomic mass is 10.1. The Labute approximate surface area is 93.4 Å². The normalized spacial score (nSPS) is 10.1. The molecular weight excluding hydrogens is 212 g/mol. The van der Waals surface area contributed by atoms with Crippen molar-refractivity contribution in [3.63, 3.8) is 0 Å². The van der Waals surface area contributed by atoms with Gasteiger partial charge in [0.1, 0.15) is 11.3 Å². The smallest absolute Gasteiger partial charge is 0.343 e. The first-order valence-electron chi connectivity index (χ1n) is 4.64. The highest BCUT2D eigenvalue weighted by molar-refractivity contribution is 7.98. The molecule has 1 N–H and O–H groups in total. The van der Waals surface area contributed by atoms with E-state index in [2.05, 4.69) is 0 Å². The van der Waals surface area contributed by atoms with Crippen LogP contribution in [0.25, 0.3) is 0 Å². The highest BCUT2D eigenvalue weighted by Crippen LogP contribution is 2.30. The number of ether oxygens (including phenoxy) is 1. The van der Waals surface area contributed by atoms with Gasteiger partial charge in [0.05, 0.1) is 6.61 Å². The molecule has 0 aliphatic carbocycles. The number of carbonyl (C=O) groups is 1.